The molecule has 0 bridgehead atoms. The molecular weight excluding hydrogens is 495 g/mol. The highest BCUT2D eigenvalue weighted by Gasteiger charge is 2.40. The lowest BCUT2D eigenvalue weighted by Gasteiger charge is -2.42. The third kappa shape index (κ3) is 6.34. The van der Waals surface area contributed by atoms with Crippen molar-refractivity contribution in [1.82, 2.24) is 9.88 Å². The van der Waals surface area contributed by atoms with Gasteiger partial charge in [-0.25, -0.2) is 14.4 Å². The summed E-state index contributed by atoms with van der Waals surface area (Å²) in [7, 11) is 0. The van der Waals surface area contributed by atoms with Gasteiger partial charge in [0.15, 0.2) is 0 Å². The largest absolute Gasteiger partial charge is 0.472 e. The van der Waals surface area contributed by atoms with Crippen LogP contribution < -0.4 is 15.8 Å². The van der Waals surface area contributed by atoms with E-state index in [-0.39, 0.29) is 36.5 Å². The molecule has 0 spiro atoms. The summed E-state index contributed by atoms with van der Waals surface area (Å²) in [6.07, 6.45) is 5.07. The van der Waals surface area contributed by atoms with E-state index in [1.165, 1.54) is 12.1 Å². The monoisotopic (exact) mass is 526 g/mol. The van der Waals surface area contributed by atoms with E-state index in [0.29, 0.717) is 48.7 Å². The van der Waals surface area contributed by atoms with Crippen LogP contribution in [0.15, 0.2) is 71.9 Å². The van der Waals surface area contributed by atoms with Crippen LogP contribution in [0.4, 0.5) is 15.8 Å². The quantitative estimate of drug-likeness (QED) is 0.302. The standard InChI is InChI=1S/C30H31FN6O2/c31-23-8-10-24(11-9-23)35-27(33)26-25(12-17-34-28(26)39-20-21-4-2-1-3-5-21)36-30(13-16-32)14-18-37(19-15-30)29(38)22-6-7-22/h1-5,8-12,17,22H,6-7,13-15,18-20H2,(H2,33,35)(H,34,36). The topological polar surface area (TPSA) is 117 Å². The van der Waals surface area contributed by atoms with Crippen LogP contribution in [0.2, 0.25) is 0 Å². The molecule has 9 heteroatoms. The second-order valence-corrected chi connectivity index (χ2v) is 10.1. The first-order valence-electron chi connectivity index (χ1n) is 13.2. The Morgan fingerprint density at radius 1 is 1.15 bits per heavy atom. The number of likely N-dealkylation sites (tertiary alicyclic amines) is 1. The molecule has 3 aromatic rings. The maximum atomic E-state index is 13.5. The number of piperidine rings is 1. The highest BCUT2D eigenvalue weighted by Crippen LogP contribution is 2.37. The number of anilines is 1. The Balaban J connectivity index is 1.46. The average Bonchev–Trinajstić information content (AvgIpc) is 3.80. The molecule has 2 aliphatic rings. The first-order valence-corrected chi connectivity index (χ1v) is 13.2. The summed E-state index contributed by atoms with van der Waals surface area (Å²) in [5.74, 6) is 0.458. The number of carbonyl (C=O) groups is 1. The molecule has 39 heavy (non-hydrogen) atoms. The highest BCUT2D eigenvalue weighted by molar-refractivity contribution is 6.05. The van der Waals surface area contributed by atoms with E-state index in [2.05, 4.69) is 21.4 Å². The molecule has 1 aliphatic carbocycles. The zero-order valence-electron chi connectivity index (χ0n) is 21.6. The normalized spacial score (nSPS) is 16.8. The van der Waals surface area contributed by atoms with Gasteiger partial charge in [-0.15, -0.1) is 0 Å². The molecule has 0 unspecified atom stereocenters. The van der Waals surface area contributed by atoms with Gasteiger partial charge in [0.1, 0.15) is 23.8 Å². The Morgan fingerprint density at radius 2 is 1.87 bits per heavy atom. The van der Waals surface area contributed by atoms with Crippen LogP contribution in [0.1, 0.15) is 43.2 Å². The number of nitrogens with zero attached hydrogens (tertiary/aromatic N) is 4. The van der Waals surface area contributed by atoms with Gasteiger partial charge < -0.3 is 20.7 Å². The third-order valence-electron chi connectivity index (χ3n) is 7.24. The van der Waals surface area contributed by atoms with Gasteiger partial charge in [-0.3, -0.25) is 4.79 Å². The molecule has 2 heterocycles. The number of aliphatic imine (C=N–C) groups is 1. The summed E-state index contributed by atoms with van der Waals surface area (Å²) in [5.41, 5.74) is 8.53. The van der Waals surface area contributed by atoms with E-state index < -0.39 is 5.54 Å². The molecule has 1 saturated heterocycles. The number of ether oxygens (including phenoxy) is 1. The number of nitrogens with two attached hydrogens (primary N) is 1. The van der Waals surface area contributed by atoms with E-state index in [4.69, 9.17) is 10.5 Å². The Labute approximate surface area is 227 Å². The fraction of sp³-hybridized carbons (Fsp3) is 0.333. The molecule has 1 amide bonds. The van der Waals surface area contributed by atoms with Gasteiger partial charge in [0, 0.05) is 25.2 Å². The predicted octanol–water partition coefficient (Wildman–Crippen LogP) is 4.93. The Bertz CT molecular complexity index is 1370. The molecule has 2 fully saturated rings. The highest BCUT2D eigenvalue weighted by atomic mass is 19.1. The van der Waals surface area contributed by atoms with Gasteiger partial charge in [0.05, 0.1) is 29.4 Å². The van der Waals surface area contributed by atoms with Crippen LogP contribution >= 0.6 is 0 Å². The predicted molar refractivity (Wildman–Crippen MR) is 147 cm³/mol. The van der Waals surface area contributed by atoms with Crippen molar-refractivity contribution in [1.29, 1.82) is 5.26 Å². The molecule has 0 radical (unpaired) electrons. The van der Waals surface area contributed by atoms with Crippen molar-refractivity contribution >= 4 is 23.1 Å². The number of hydrogen-bond acceptors (Lipinski definition) is 6. The van der Waals surface area contributed by atoms with Crippen LogP contribution in [-0.4, -0.2) is 40.3 Å². The smallest absolute Gasteiger partial charge is 0.226 e. The first-order chi connectivity index (χ1) is 19.0. The number of nitrogens with one attached hydrogen (secondary N) is 1. The third-order valence-corrected chi connectivity index (χ3v) is 7.24. The van der Waals surface area contributed by atoms with Crippen LogP contribution in [0, 0.1) is 23.1 Å². The summed E-state index contributed by atoms with van der Waals surface area (Å²) < 4.78 is 19.6. The van der Waals surface area contributed by atoms with E-state index in [0.717, 1.165) is 18.4 Å². The number of carbonyl (C=O) groups excluding carboxylic acids is 1. The van der Waals surface area contributed by atoms with Crippen LogP contribution in [0.25, 0.3) is 0 Å². The molecule has 200 valence electrons. The van der Waals surface area contributed by atoms with Crippen molar-refractivity contribution in [3.8, 4) is 11.9 Å². The van der Waals surface area contributed by atoms with Crippen LogP contribution in [0.3, 0.4) is 0 Å². The zero-order valence-corrected chi connectivity index (χ0v) is 21.6. The fourth-order valence-electron chi connectivity index (χ4n) is 4.87. The molecule has 5 rings (SSSR count). The molecule has 1 saturated carbocycles. The number of rotatable bonds is 9. The molecule has 3 N–H and O–H groups in total. The van der Waals surface area contributed by atoms with Gasteiger partial charge in [0.2, 0.25) is 11.8 Å². The van der Waals surface area contributed by atoms with Crippen molar-refractivity contribution in [3.63, 3.8) is 0 Å². The number of amidine groups is 1. The number of nitriles is 1. The minimum Gasteiger partial charge on any atom is -0.472 e. The van der Waals surface area contributed by atoms with Crippen LogP contribution in [0.5, 0.6) is 5.88 Å². The molecular formula is C30H31FN6O2. The zero-order chi connectivity index (χ0) is 27.2. The van der Waals surface area contributed by atoms with Gasteiger partial charge in [-0.05, 0) is 61.6 Å². The maximum absolute atomic E-state index is 13.5. The van der Waals surface area contributed by atoms with E-state index >= 15 is 0 Å². The van der Waals surface area contributed by atoms with Crippen molar-refractivity contribution in [2.24, 2.45) is 16.6 Å². The molecule has 2 aromatic carbocycles. The lowest BCUT2D eigenvalue weighted by Crippen LogP contribution is -2.51. The van der Waals surface area contributed by atoms with E-state index in [9.17, 15) is 14.4 Å². The molecule has 8 nitrogen and oxygen atoms in total. The van der Waals surface area contributed by atoms with Gasteiger partial charge >= 0.3 is 0 Å². The van der Waals surface area contributed by atoms with Crippen molar-refractivity contribution in [3.05, 3.63) is 83.8 Å². The number of hydrogen-bond donors (Lipinski definition) is 2. The Morgan fingerprint density at radius 3 is 2.54 bits per heavy atom. The summed E-state index contributed by atoms with van der Waals surface area (Å²) in [4.78, 5) is 23.5. The lowest BCUT2D eigenvalue weighted by molar-refractivity contribution is -0.133. The summed E-state index contributed by atoms with van der Waals surface area (Å²) in [6, 6.07) is 19.5. The van der Waals surface area contributed by atoms with Crippen LogP contribution in [-0.2, 0) is 11.4 Å². The van der Waals surface area contributed by atoms with Crippen molar-refractivity contribution in [2.45, 2.75) is 44.2 Å². The lowest BCUT2D eigenvalue weighted by atomic mass is 9.84. The van der Waals surface area contributed by atoms with Gasteiger partial charge in [-0.2, -0.15) is 5.26 Å². The summed E-state index contributed by atoms with van der Waals surface area (Å²) in [5, 5.41) is 13.3. The fourth-order valence-corrected chi connectivity index (χ4v) is 4.87. The summed E-state index contributed by atoms with van der Waals surface area (Å²) >= 11 is 0. The second-order valence-electron chi connectivity index (χ2n) is 10.1. The number of aromatic nitrogens is 1. The SMILES string of the molecule is N#CCC1(Nc2ccnc(OCc3ccccc3)c2C(N)=Nc2ccc(F)cc2)CCN(C(=O)C2CC2)CC1. The van der Waals surface area contributed by atoms with E-state index in [1.54, 1.807) is 24.4 Å². The first kappa shape index (κ1) is 26.2. The second kappa shape index (κ2) is 11.5. The van der Waals surface area contributed by atoms with Gasteiger partial charge in [-0.1, -0.05) is 30.3 Å². The molecule has 1 aliphatic heterocycles. The molecule has 0 atom stereocenters. The van der Waals surface area contributed by atoms with Crippen molar-refractivity contribution in [2.75, 3.05) is 18.4 Å². The number of halogens is 1. The minimum atomic E-state index is -0.558. The molecule has 1 aromatic heterocycles. The Hall–Kier alpha value is -4.45. The average molecular weight is 527 g/mol. The van der Waals surface area contributed by atoms with Crippen molar-refractivity contribution < 1.29 is 13.9 Å². The van der Waals surface area contributed by atoms with E-state index in [1.807, 2.05) is 35.2 Å². The Kier molecular flexibility index (Phi) is 7.73. The number of amides is 1. The number of pyridine rings is 1. The minimum absolute atomic E-state index is 0.147. The maximum Gasteiger partial charge on any atom is 0.226 e. The number of benzene rings is 2. The van der Waals surface area contributed by atoms with Gasteiger partial charge in [0.25, 0.3) is 0 Å². The summed E-state index contributed by atoms with van der Waals surface area (Å²) in [6.45, 7) is 1.44.